The molecule has 0 heterocycles. The molecule has 0 nitrogen and oxygen atoms in total. The second-order valence-corrected chi connectivity index (χ2v) is 11.5. The van der Waals surface area contributed by atoms with Crippen LogP contribution in [0.25, 0.3) is 0 Å². The molecule has 2 spiro atoms. The molecule has 0 aromatic rings. The van der Waals surface area contributed by atoms with E-state index in [4.69, 9.17) is 0 Å². The highest BCUT2D eigenvalue weighted by atomic mass is 14.7. The fourth-order valence-corrected chi connectivity index (χ4v) is 8.09. The van der Waals surface area contributed by atoms with Crippen LogP contribution < -0.4 is 0 Å². The maximum atomic E-state index is 2.35. The maximum Gasteiger partial charge on any atom is -0.0230 e. The molecule has 0 bridgehead atoms. The van der Waals surface area contributed by atoms with Gasteiger partial charge < -0.3 is 0 Å². The van der Waals surface area contributed by atoms with Gasteiger partial charge in [0.05, 0.1) is 0 Å². The molecule has 0 aromatic carbocycles. The lowest BCUT2D eigenvalue weighted by molar-refractivity contribution is -0.179. The monoisotopic (exact) mass is 388 g/mol. The van der Waals surface area contributed by atoms with Crippen molar-refractivity contribution in [2.24, 2.45) is 16.2 Å². The summed E-state index contributed by atoms with van der Waals surface area (Å²) in [6, 6.07) is 0. The topological polar surface area (TPSA) is 0 Å². The number of hydrogen-bond donors (Lipinski definition) is 0. The minimum absolute atomic E-state index is 0.742. The third-order valence-corrected chi connectivity index (χ3v) is 9.54. The summed E-state index contributed by atoms with van der Waals surface area (Å²) in [5, 5.41) is 0. The molecule has 3 fully saturated rings. The molecule has 0 aromatic heterocycles. The lowest BCUT2D eigenvalue weighted by Gasteiger charge is -2.68. The quantitative estimate of drug-likeness (QED) is 0.292. The first-order chi connectivity index (χ1) is 13.7. The van der Waals surface area contributed by atoms with E-state index in [9.17, 15) is 0 Å². The van der Waals surface area contributed by atoms with E-state index in [1.165, 1.54) is 83.5 Å². The summed E-state index contributed by atoms with van der Waals surface area (Å²) in [6.45, 7) is 4.71. The van der Waals surface area contributed by atoms with Gasteiger partial charge in [0.2, 0.25) is 0 Å². The van der Waals surface area contributed by atoms with Crippen molar-refractivity contribution in [1.82, 2.24) is 0 Å². The average molecular weight is 389 g/mol. The van der Waals surface area contributed by atoms with E-state index in [1.54, 1.807) is 64.2 Å². The van der Waals surface area contributed by atoms with Crippen LogP contribution in [0.1, 0.15) is 162 Å². The summed E-state index contributed by atoms with van der Waals surface area (Å²) >= 11 is 0. The third kappa shape index (κ3) is 5.18. The summed E-state index contributed by atoms with van der Waals surface area (Å²) in [7, 11) is 0. The van der Waals surface area contributed by atoms with Crippen molar-refractivity contribution < 1.29 is 0 Å². The third-order valence-electron chi connectivity index (χ3n) is 9.54. The Balaban J connectivity index is 1.63. The van der Waals surface area contributed by atoms with E-state index in [0.29, 0.717) is 0 Å². The van der Waals surface area contributed by atoms with Crippen molar-refractivity contribution in [3.05, 3.63) is 0 Å². The van der Waals surface area contributed by atoms with Crippen LogP contribution in [0, 0.1) is 16.2 Å². The van der Waals surface area contributed by atoms with Gasteiger partial charge in [-0.2, -0.15) is 0 Å². The van der Waals surface area contributed by atoms with E-state index in [-0.39, 0.29) is 0 Å². The number of rotatable bonds is 12. The van der Waals surface area contributed by atoms with Crippen LogP contribution in [0.5, 0.6) is 0 Å². The zero-order chi connectivity index (χ0) is 19.8. The molecule has 0 aliphatic heterocycles. The number of unbranched alkanes of at least 4 members (excludes halogenated alkanes) is 8. The van der Waals surface area contributed by atoms with Gasteiger partial charge >= 0.3 is 0 Å². The molecule has 3 aliphatic rings. The molecule has 0 radical (unpaired) electrons. The Morgan fingerprint density at radius 3 is 1.57 bits per heavy atom. The van der Waals surface area contributed by atoms with Gasteiger partial charge in [-0.25, -0.2) is 0 Å². The smallest absolute Gasteiger partial charge is 0.0230 e. The zero-order valence-electron chi connectivity index (χ0n) is 19.8. The first-order valence-electron chi connectivity index (χ1n) is 13.7. The summed E-state index contributed by atoms with van der Waals surface area (Å²) in [4.78, 5) is 0. The van der Waals surface area contributed by atoms with Crippen molar-refractivity contribution in [2.45, 2.75) is 162 Å². The Labute approximate surface area is 178 Å². The molecule has 0 amide bonds. The van der Waals surface area contributed by atoms with E-state index in [1.807, 2.05) is 0 Å². The molecule has 3 aliphatic carbocycles. The molecular formula is C28H52. The summed E-state index contributed by atoms with van der Waals surface area (Å²) in [5.41, 5.74) is 2.33. The van der Waals surface area contributed by atoms with Gasteiger partial charge in [-0.1, -0.05) is 110 Å². The summed E-state index contributed by atoms with van der Waals surface area (Å²) < 4.78 is 0. The highest BCUT2D eigenvalue weighted by Crippen LogP contribution is 2.73. The van der Waals surface area contributed by atoms with Gasteiger partial charge in [-0.05, 0) is 67.6 Å². The molecule has 164 valence electrons. The molecule has 3 saturated carbocycles. The second kappa shape index (κ2) is 10.9. The van der Waals surface area contributed by atoms with Crippen molar-refractivity contribution in [1.29, 1.82) is 0 Å². The van der Waals surface area contributed by atoms with Gasteiger partial charge in [0.1, 0.15) is 0 Å². The van der Waals surface area contributed by atoms with E-state index in [2.05, 4.69) is 13.8 Å². The maximum absolute atomic E-state index is 2.35. The van der Waals surface area contributed by atoms with Crippen LogP contribution in [0.2, 0.25) is 0 Å². The molecule has 0 saturated heterocycles. The lowest BCUT2D eigenvalue weighted by atomic mass is 9.36. The van der Waals surface area contributed by atoms with Gasteiger partial charge in [-0.3, -0.25) is 0 Å². The van der Waals surface area contributed by atoms with E-state index >= 15 is 0 Å². The molecule has 0 N–H and O–H groups in total. The Morgan fingerprint density at radius 1 is 0.500 bits per heavy atom. The van der Waals surface area contributed by atoms with Crippen molar-refractivity contribution in [3.8, 4) is 0 Å². The molecule has 0 heteroatoms. The van der Waals surface area contributed by atoms with Crippen LogP contribution in [-0.4, -0.2) is 0 Å². The van der Waals surface area contributed by atoms with Crippen LogP contribution in [0.15, 0.2) is 0 Å². The Morgan fingerprint density at radius 2 is 1.00 bits per heavy atom. The largest absolute Gasteiger partial charge is 0.0654 e. The second-order valence-electron chi connectivity index (χ2n) is 11.5. The van der Waals surface area contributed by atoms with Crippen molar-refractivity contribution >= 4 is 0 Å². The molecular weight excluding hydrogens is 336 g/mol. The predicted molar refractivity (Wildman–Crippen MR) is 125 cm³/mol. The average Bonchev–Trinajstić information content (AvgIpc) is 2.69. The van der Waals surface area contributed by atoms with Crippen molar-refractivity contribution in [3.63, 3.8) is 0 Å². The van der Waals surface area contributed by atoms with E-state index in [0.717, 1.165) is 16.2 Å². The number of hydrogen-bond acceptors (Lipinski definition) is 0. The van der Waals surface area contributed by atoms with Gasteiger partial charge in [0.15, 0.2) is 0 Å². The lowest BCUT2D eigenvalue weighted by Crippen LogP contribution is -2.58. The van der Waals surface area contributed by atoms with Crippen LogP contribution in [0.3, 0.4) is 0 Å². The zero-order valence-corrected chi connectivity index (χ0v) is 19.8. The molecule has 0 unspecified atom stereocenters. The van der Waals surface area contributed by atoms with Gasteiger partial charge in [0.25, 0.3) is 0 Å². The minimum Gasteiger partial charge on any atom is -0.0654 e. The molecule has 28 heavy (non-hydrogen) atoms. The summed E-state index contributed by atoms with van der Waals surface area (Å²) in [5.74, 6) is 0. The fraction of sp³-hybridized carbons (Fsp3) is 1.00. The minimum atomic E-state index is 0.742. The SMILES string of the molecule is CCCCCCCC1(CCCCCCC)CCCCC12CC1(CCCCC1)C2. The van der Waals surface area contributed by atoms with Crippen molar-refractivity contribution in [2.75, 3.05) is 0 Å². The van der Waals surface area contributed by atoms with Gasteiger partial charge in [-0.15, -0.1) is 0 Å². The molecule has 0 atom stereocenters. The Kier molecular flexibility index (Phi) is 8.79. The highest BCUT2D eigenvalue weighted by Gasteiger charge is 2.62. The fourth-order valence-electron chi connectivity index (χ4n) is 8.09. The van der Waals surface area contributed by atoms with Gasteiger partial charge in [0, 0.05) is 0 Å². The first kappa shape index (κ1) is 22.7. The van der Waals surface area contributed by atoms with Crippen LogP contribution in [0.4, 0.5) is 0 Å². The standard InChI is InChI=1S/C28H52/c1-3-5-7-9-14-20-27(21-15-10-8-6-4-2)22-16-17-23-28(27)24-26(25-28)18-12-11-13-19-26/h3-25H2,1-2H3. The molecule has 3 rings (SSSR count). The summed E-state index contributed by atoms with van der Waals surface area (Å²) in [6.07, 6.45) is 35.2. The highest BCUT2D eigenvalue weighted by molar-refractivity contribution is 5.13. The van der Waals surface area contributed by atoms with E-state index < -0.39 is 0 Å². The van der Waals surface area contributed by atoms with Crippen LogP contribution >= 0.6 is 0 Å². The normalized spacial score (nSPS) is 25.1. The predicted octanol–water partition coefficient (Wildman–Crippen LogP) is 10.00. The van der Waals surface area contributed by atoms with Crippen LogP contribution in [-0.2, 0) is 0 Å². The Hall–Kier alpha value is 0. The first-order valence-corrected chi connectivity index (χ1v) is 13.7. The Bertz CT molecular complexity index is 405.